The van der Waals surface area contributed by atoms with E-state index in [1.165, 1.54) is 32.8 Å². The molecule has 2 aliphatic rings. The monoisotopic (exact) mass is 1990 g/mol. The molecule has 5 unspecified atom stereocenters. The summed E-state index contributed by atoms with van der Waals surface area (Å²) in [4.78, 5) is 192. The first-order valence-corrected chi connectivity index (χ1v) is 49.3. The van der Waals surface area contributed by atoms with Crippen LogP contribution in [0.2, 0.25) is 0 Å². The molecule has 145 heavy (non-hydrogen) atoms. The summed E-state index contributed by atoms with van der Waals surface area (Å²) in [6.45, 7) is 34.1. The summed E-state index contributed by atoms with van der Waals surface area (Å²) in [5.74, 6) is -2.22. The summed E-state index contributed by atoms with van der Waals surface area (Å²) in [5.41, 5.74) is 29.7. The highest BCUT2D eigenvalue weighted by Crippen LogP contribution is 2.51. The molecule has 0 radical (unpaired) electrons. The fourth-order valence-corrected chi connectivity index (χ4v) is 17.0. The number of hydrogen-bond acceptors (Lipinski definition) is 22. The molecule has 6 atom stereocenters. The van der Waals surface area contributed by atoms with Gasteiger partial charge in [0.25, 0.3) is 0 Å². The predicted octanol–water partition coefficient (Wildman–Crippen LogP) is 16.9. The Kier molecular flexibility index (Phi) is 38.4. The van der Waals surface area contributed by atoms with Gasteiger partial charge < -0.3 is 87.3 Å². The van der Waals surface area contributed by atoms with E-state index in [-0.39, 0.29) is 102 Å². The third kappa shape index (κ3) is 31.5. The Morgan fingerprint density at radius 3 is 1.05 bits per heavy atom. The van der Waals surface area contributed by atoms with Crippen LogP contribution in [-0.2, 0) is 120 Å². The van der Waals surface area contributed by atoms with Gasteiger partial charge >= 0.3 is 24.0 Å². The van der Waals surface area contributed by atoms with Crippen molar-refractivity contribution in [1.82, 2.24) is 45.4 Å². The molecule has 2 aliphatic carbocycles. The molecule has 2 fully saturated rings. The maximum absolute atomic E-state index is 13.3. The predicted molar refractivity (Wildman–Crippen MR) is 565 cm³/mol. The van der Waals surface area contributed by atoms with Crippen molar-refractivity contribution in [3.63, 3.8) is 0 Å². The Morgan fingerprint density at radius 2 is 0.717 bits per heavy atom. The molecule has 778 valence electrons. The second-order valence-corrected chi connectivity index (χ2v) is 43.3. The molecule has 0 saturated heterocycles. The maximum Gasteiger partial charge on any atom is 0.408 e. The highest BCUT2D eigenvalue weighted by Gasteiger charge is 2.53. The van der Waals surface area contributed by atoms with Gasteiger partial charge in [0.2, 0.25) is 11.8 Å². The molecule has 0 bridgehead atoms. The largest absolute Gasteiger partial charge is 0.469 e. The van der Waals surface area contributed by atoms with Crippen molar-refractivity contribution in [2.75, 3.05) is 20.8 Å². The molecule has 31 heteroatoms. The van der Waals surface area contributed by atoms with Crippen LogP contribution in [0.1, 0.15) is 230 Å². The standard InChI is InChI=1S/C22H31N3O4.C20H28N2O3.C19H24N2O3.C18H22N2O3.C18H24N2O3.C17H20N2O2/c1-14(26)22(5,6)25(7)19(27)18(24-20(28)29-21(2,3)4)12-15-13-23-17-11-9-8-10-16(15)17;1-19(2,3)25-18(24)20(4,5)11-17(23)15(21)10-13-12-22-16-9-7-6-8-14(13)16;1-12(22)19(3,4)10-18(24)17(21-13(2)23)9-14-11-20-16-8-6-5-7-15(14)16;1-2-23-17(22)18(7-8-18)10-16(21)14(19)9-12-11-20-15-6-4-3-5-13(12)15;1-17(2,16(22)23-4)10-15(21)18(3,19)9-12-11-20-14-8-6-5-7-13(12)14;1-11(20)17(6-7-17)9-16(21)14(18)8-12-10-19-15-5-3-2-4-13(12)15/h8-11,13,18,23H,12H2,1-7H3,(H,24,28);6-9,12,15,22H,10-11,21H2,1-5H3;5-8,11,17,20H,9-10H2,1-4H3,(H,21,23);3-6,11,14,20H,2,7-10,19H2,1H3;5-8,11,20H,9-10,19H2,1-4H3;2-5,10,14,19H,6-9,18H2,1H3/t18-;;;;;/m1...../s1. The average Bonchev–Trinajstić information content (AvgIpc) is 1.63. The Bertz CT molecular complexity index is 6640. The number of ether oxygens (including phenoxy) is 4. The maximum atomic E-state index is 13.3. The smallest absolute Gasteiger partial charge is 0.408 e. The number of hydrogen-bond donors (Lipinski definition) is 12. The lowest BCUT2D eigenvalue weighted by Crippen LogP contribution is -2.57. The minimum atomic E-state index is -1.05. The molecule has 31 nitrogen and oxygen atoms in total. The Morgan fingerprint density at radius 1 is 0.393 bits per heavy atom. The fourth-order valence-electron chi connectivity index (χ4n) is 17.0. The Labute approximate surface area is 848 Å². The molecule has 6 aromatic heterocycles. The molecule has 2 saturated carbocycles. The number of nitrogens with zero attached hydrogens (tertiary/aromatic N) is 1. The van der Waals surface area contributed by atoms with E-state index < -0.39 is 91.6 Å². The number of ketones is 8. The number of para-hydroxylation sites is 6. The van der Waals surface area contributed by atoms with Crippen molar-refractivity contribution in [3.05, 3.63) is 216 Å². The van der Waals surface area contributed by atoms with E-state index in [0.29, 0.717) is 45.1 Å². The first kappa shape index (κ1) is 115. The van der Waals surface area contributed by atoms with Gasteiger partial charge in [0.15, 0.2) is 34.7 Å². The van der Waals surface area contributed by atoms with E-state index >= 15 is 0 Å². The van der Waals surface area contributed by atoms with Gasteiger partial charge in [-0.1, -0.05) is 123 Å². The molecule has 0 aliphatic heterocycles. The number of aromatic nitrogens is 6. The number of methoxy groups -OCH3 is 1. The number of Topliss-reactive ketones (excluding diaryl/α,β-unsaturated/α-hetero) is 8. The van der Waals surface area contributed by atoms with Gasteiger partial charge in [-0.05, 0) is 239 Å². The molecule has 12 aromatic rings. The van der Waals surface area contributed by atoms with Gasteiger partial charge in [-0.3, -0.25) is 62.3 Å². The number of alkyl carbamates (subject to hydrolysis) is 1. The number of benzene rings is 6. The van der Waals surface area contributed by atoms with Crippen LogP contribution in [0.15, 0.2) is 183 Å². The zero-order chi connectivity index (χ0) is 107. The highest BCUT2D eigenvalue weighted by molar-refractivity contribution is 6.00. The van der Waals surface area contributed by atoms with Crippen molar-refractivity contribution < 1.29 is 86.1 Å². The van der Waals surface area contributed by atoms with Crippen LogP contribution in [0.3, 0.4) is 0 Å². The number of carbonyl (C=O) groups excluding carboxylic acids is 14. The van der Waals surface area contributed by atoms with E-state index in [2.05, 4.69) is 40.5 Å². The van der Waals surface area contributed by atoms with Crippen LogP contribution in [-0.4, -0.2) is 190 Å². The summed E-state index contributed by atoms with van der Waals surface area (Å²) in [6, 6.07) is 44.0. The van der Waals surface area contributed by atoms with E-state index in [9.17, 15) is 67.1 Å². The van der Waals surface area contributed by atoms with E-state index in [1.807, 2.05) is 204 Å². The first-order valence-electron chi connectivity index (χ1n) is 49.3. The number of aromatic amines is 6. The van der Waals surface area contributed by atoms with Crippen LogP contribution >= 0.6 is 0 Å². The number of carbonyl (C=O) groups is 14. The summed E-state index contributed by atoms with van der Waals surface area (Å²) in [7, 11) is 2.89. The molecule has 3 amide bonds. The van der Waals surface area contributed by atoms with Crippen molar-refractivity contribution in [1.29, 1.82) is 0 Å². The van der Waals surface area contributed by atoms with Gasteiger partial charge in [-0.25, -0.2) is 4.79 Å². The third-order valence-electron chi connectivity index (χ3n) is 27.1. The quantitative estimate of drug-likeness (QED) is 0.0126. The fraction of sp³-hybridized carbons (Fsp3) is 0.456. The zero-order valence-electron chi connectivity index (χ0n) is 88.1. The SMILES string of the molecule is CC(=O)C(C)(C)N(C)C(=O)[C@@H](Cc1c[nH]c2ccccc12)NC(=O)OC(C)(C)C.CC(=O)C1(CC(=O)C(N)Cc2c[nH]c3ccccc23)CC1.CC(=O)NC(Cc1c[nH]c2ccccc12)C(=O)CC(C)(C)C(C)=O.CC(C)(C)OC(=O)C(C)(C)CC(=O)C(N)Cc1c[nH]c2ccccc12.CCOC(=O)C1(CC(=O)C(N)Cc2c[nH]c3ccccc23)CC1.COC(=O)C(C)(C)CC(=O)C(C)(N)Cc1c[nH]c2ccccc12. The lowest BCUT2D eigenvalue weighted by molar-refractivity contribution is -0.167. The Balaban J connectivity index is 0.000000194. The van der Waals surface area contributed by atoms with Crippen molar-refractivity contribution >= 4 is 147 Å². The van der Waals surface area contributed by atoms with E-state index in [1.54, 1.807) is 104 Å². The molecule has 6 aromatic carbocycles. The van der Waals surface area contributed by atoms with Gasteiger partial charge in [-0.15, -0.1) is 0 Å². The van der Waals surface area contributed by atoms with Crippen molar-refractivity contribution in [2.24, 2.45) is 50.0 Å². The van der Waals surface area contributed by atoms with Crippen LogP contribution in [0, 0.1) is 27.1 Å². The second kappa shape index (κ2) is 48.4. The minimum absolute atomic E-state index is 0.00650. The minimum Gasteiger partial charge on any atom is -0.469 e. The number of esters is 3. The van der Waals surface area contributed by atoms with Gasteiger partial charge in [-0.2, -0.15) is 0 Å². The third-order valence-corrected chi connectivity index (χ3v) is 27.1. The topological polar surface area (TPSA) is 502 Å². The molecular weight excluding hydrogens is 1840 g/mol. The lowest BCUT2D eigenvalue weighted by Gasteiger charge is -2.36. The molecular formula is C114H149N13O18. The van der Waals surface area contributed by atoms with E-state index in [4.69, 9.17) is 41.9 Å². The van der Waals surface area contributed by atoms with Crippen LogP contribution < -0.4 is 33.6 Å². The summed E-state index contributed by atoms with van der Waals surface area (Å²) in [5, 5.41) is 11.7. The normalized spacial score (nSPS) is 14.6. The first-order chi connectivity index (χ1) is 67.8. The second-order valence-electron chi connectivity index (χ2n) is 43.3. The van der Waals surface area contributed by atoms with Crippen molar-refractivity contribution in [3.8, 4) is 0 Å². The van der Waals surface area contributed by atoms with Crippen LogP contribution in [0.5, 0.6) is 0 Å². The highest BCUT2D eigenvalue weighted by atomic mass is 16.6. The number of H-pyrrole nitrogens is 6. The average molecular weight is 1990 g/mol. The van der Waals surface area contributed by atoms with Crippen molar-refractivity contribution in [2.45, 2.75) is 287 Å². The molecule has 0 spiro atoms. The lowest BCUT2D eigenvalue weighted by atomic mass is 9.79. The molecule has 14 rings (SSSR count). The number of nitrogens with one attached hydrogen (secondary N) is 8. The zero-order valence-corrected chi connectivity index (χ0v) is 88.1. The van der Waals surface area contributed by atoms with Gasteiger partial charge in [0.1, 0.15) is 28.8 Å². The number of rotatable bonds is 38. The van der Waals surface area contributed by atoms with Crippen LogP contribution in [0.4, 0.5) is 4.79 Å². The summed E-state index contributed by atoms with van der Waals surface area (Å²) < 4.78 is 20.6. The number of amides is 3. The molecule has 16 N–H and O–H groups in total. The summed E-state index contributed by atoms with van der Waals surface area (Å²) >= 11 is 0. The Hall–Kier alpha value is -13.6. The van der Waals surface area contributed by atoms with Gasteiger partial charge in [0, 0.05) is 172 Å². The van der Waals surface area contributed by atoms with E-state index in [0.717, 1.165) is 124 Å². The number of fused-ring (bicyclic) bond motifs is 6. The van der Waals surface area contributed by atoms with Gasteiger partial charge in [0.05, 0.1) is 65.2 Å². The molecule has 6 heterocycles. The number of likely N-dealkylation sites (N-methyl/N-ethyl adjacent to an activating group) is 1. The van der Waals surface area contributed by atoms with Crippen LogP contribution in [0.25, 0.3) is 65.4 Å². The summed E-state index contributed by atoms with van der Waals surface area (Å²) in [6.07, 6.45) is 16.9. The number of nitrogens with two attached hydrogens (primary N) is 4.